The van der Waals surface area contributed by atoms with E-state index in [1.165, 1.54) is 27.8 Å². The molecule has 6 rings (SSSR count). The van der Waals surface area contributed by atoms with Gasteiger partial charge < -0.3 is 14.8 Å². The number of rotatable bonds is 5. The van der Waals surface area contributed by atoms with E-state index in [1.807, 2.05) is 26.0 Å². The van der Waals surface area contributed by atoms with Crippen molar-refractivity contribution in [2.24, 2.45) is 11.3 Å². The molecule has 1 N–H and O–H groups in total. The van der Waals surface area contributed by atoms with Crippen LogP contribution in [0.15, 0.2) is 36.4 Å². The number of ether oxygens (including phenoxy) is 2. The fourth-order valence-electron chi connectivity index (χ4n) is 6.11. The summed E-state index contributed by atoms with van der Waals surface area (Å²) >= 11 is 0. The van der Waals surface area contributed by atoms with Crippen molar-refractivity contribution in [3.63, 3.8) is 0 Å². The fourth-order valence-corrected chi connectivity index (χ4v) is 6.11. The van der Waals surface area contributed by atoms with Crippen LogP contribution in [-0.4, -0.2) is 42.8 Å². The van der Waals surface area contributed by atoms with Gasteiger partial charge in [-0.2, -0.15) is 0 Å². The van der Waals surface area contributed by atoms with Gasteiger partial charge in [-0.15, -0.1) is 0 Å². The molecule has 3 aliphatic heterocycles. The minimum absolute atomic E-state index is 0.0262. The Morgan fingerprint density at radius 3 is 2.44 bits per heavy atom. The van der Waals surface area contributed by atoms with Gasteiger partial charge in [0.05, 0.1) is 12.1 Å². The second-order valence-corrected chi connectivity index (χ2v) is 11.4. The van der Waals surface area contributed by atoms with E-state index in [9.17, 15) is 4.79 Å². The van der Waals surface area contributed by atoms with Crippen molar-refractivity contribution in [3.8, 4) is 16.9 Å². The summed E-state index contributed by atoms with van der Waals surface area (Å²) in [6, 6.07) is 12.9. The molecule has 0 aromatic heterocycles. The van der Waals surface area contributed by atoms with Gasteiger partial charge in [0, 0.05) is 6.54 Å². The van der Waals surface area contributed by atoms with E-state index in [-0.39, 0.29) is 29.8 Å². The fraction of sp³-hybridized carbons (Fsp3) is 0.552. The van der Waals surface area contributed by atoms with Crippen LogP contribution in [0.25, 0.3) is 11.1 Å². The zero-order valence-corrected chi connectivity index (χ0v) is 21.2. The predicted octanol–water partition coefficient (Wildman–Crippen LogP) is 5.89. The van der Waals surface area contributed by atoms with Crippen LogP contribution in [0, 0.1) is 18.3 Å². The summed E-state index contributed by atoms with van der Waals surface area (Å²) < 4.78 is 11.8. The summed E-state index contributed by atoms with van der Waals surface area (Å²) in [4.78, 5) is 15.4. The number of piperidine rings is 3. The zero-order chi connectivity index (χ0) is 24.0. The lowest BCUT2D eigenvalue weighted by Crippen LogP contribution is -2.53. The standard InChI is InChI=1S/C29H38N2O3/c1-18(2)33-23-8-6-20(7-9-23)24-15-22-16-29(4,5)27(25(22)14-19(24)3)30-28(32)34-26-17-31-12-10-21(26)11-13-31/h6-9,14-15,18,21,26-27H,10-13,16-17H2,1-5H3,(H,30,32)/t26-,27+/m1/s1. The number of fused-ring (bicyclic) bond motifs is 4. The first-order valence-electron chi connectivity index (χ1n) is 12.8. The Hall–Kier alpha value is -2.53. The number of amides is 1. The number of alkyl carbamates (subject to hydrolysis) is 1. The van der Waals surface area contributed by atoms with E-state index >= 15 is 0 Å². The molecule has 0 radical (unpaired) electrons. The highest BCUT2D eigenvalue weighted by atomic mass is 16.6. The Morgan fingerprint density at radius 1 is 1.12 bits per heavy atom. The third-order valence-corrected chi connectivity index (χ3v) is 7.88. The number of nitrogens with zero attached hydrogens (tertiary/aromatic N) is 1. The molecule has 182 valence electrons. The molecular formula is C29H38N2O3. The summed E-state index contributed by atoms with van der Waals surface area (Å²) in [5, 5.41) is 3.25. The Bertz CT molecular complexity index is 1050. The summed E-state index contributed by atoms with van der Waals surface area (Å²) in [7, 11) is 0. The summed E-state index contributed by atoms with van der Waals surface area (Å²) in [5.74, 6) is 1.41. The van der Waals surface area contributed by atoms with Crippen LogP contribution in [0.3, 0.4) is 0 Å². The van der Waals surface area contributed by atoms with Gasteiger partial charge in [-0.3, -0.25) is 4.90 Å². The van der Waals surface area contributed by atoms with Crippen molar-refractivity contribution >= 4 is 6.09 Å². The molecule has 1 aliphatic carbocycles. The van der Waals surface area contributed by atoms with Crippen molar-refractivity contribution in [2.75, 3.05) is 19.6 Å². The van der Waals surface area contributed by atoms with Crippen molar-refractivity contribution in [2.45, 2.75) is 72.1 Å². The Balaban J connectivity index is 1.33. The van der Waals surface area contributed by atoms with Gasteiger partial charge in [0.2, 0.25) is 0 Å². The summed E-state index contributed by atoms with van der Waals surface area (Å²) in [6.45, 7) is 13.9. The summed E-state index contributed by atoms with van der Waals surface area (Å²) in [5.41, 5.74) is 6.09. The van der Waals surface area contributed by atoms with Gasteiger partial charge in [0.25, 0.3) is 0 Å². The number of carbonyl (C=O) groups is 1. The lowest BCUT2D eigenvalue weighted by atomic mass is 9.85. The number of aryl methyl sites for hydroxylation is 1. The molecule has 2 aromatic rings. The highest BCUT2D eigenvalue weighted by Gasteiger charge is 2.42. The van der Waals surface area contributed by atoms with Gasteiger partial charge in [0.15, 0.2) is 0 Å². The highest BCUT2D eigenvalue weighted by molar-refractivity contribution is 5.72. The van der Waals surface area contributed by atoms with Gasteiger partial charge in [-0.1, -0.05) is 38.1 Å². The zero-order valence-electron chi connectivity index (χ0n) is 21.2. The van der Waals surface area contributed by atoms with Gasteiger partial charge in [0.1, 0.15) is 11.9 Å². The largest absolute Gasteiger partial charge is 0.491 e. The van der Waals surface area contributed by atoms with Crippen LogP contribution in [0.1, 0.15) is 63.3 Å². The van der Waals surface area contributed by atoms with Crippen LogP contribution in [0.2, 0.25) is 0 Å². The Morgan fingerprint density at radius 2 is 1.82 bits per heavy atom. The molecule has 1 amide bonds. The predicted molar refractivity (Wildman–Crippen MR) is 135 cm³/mol. The van der Waals surface area contributed by atoms with Crippen LogP contribution in [0.5, 0.6) is 5.75 Å². The summed E-state index contributed by atoms with van der Waals surface area (Å²) in [6.07, 6.45) is 3.13. The molecule has 3 saturated heterocycles. The molecule has 2 atom stereocenters. The first-order valence-corrected chi connectivity index (χ1v) is 12.8. The molecule has 3 fully saturated rings. The molecule has 0 saturated carbocycles. The molecule has 5 nitrogen and oxygen atoms in total. The van der Waals surface area contributed by atoms with E-state index in [0.29, 0.717) is 5.92 Å². The number of benzene rings is 2. The third kappa shape index (κ3) is 4.55. The molecular weight excluding hydrogens is 424 g/mol. The van der Waals surface area contributed by atoms with Crippen molar-refractivity contribution in [3.05, 3.63) is 53.1 Å². The molecule has 5 heteroatoms. The normalized spacial score (nSPS) is 26.9. The maximum absolute atomic E-state index is 13.0. The molecule has 3 heterocycles. The van der Waals surface area contributed by atoms with Gasteiger partial charge >= 0.3 is 6.09 Å². The van der Waals surface area contributed by atoms with Crippen molar-refractivity contribution in [1.29, 1.82) is 0 Å². The highest BCUT2D eigenvalue weighted by Crippen LogP contribution is 2.47. The number of carbonyl (C=O) groups excluding carboxylic acids is 1. The van der Waals surface area contributed by atoms with E-state index in [4.69, 9.17) is 9.47 Å². The van der Waals surface area contributed by atoms with E-state index in [1.54, 1.807) is 0 Å². The SMILES string of the molecule is Cc1cc2c(cc1-c1ccc(OC(C)C)cc1)CC(C)(C)[C@H]2NC(=O)O[C@@H]1CN2CCC1CC2. The lowest BCUT2D eigenvalue weighted by molar-refractivity contribution is -0.0348. The molecule has 0 unspecified atom stereocenters. The van der Waals surface area contributed by atoms with Crippen molar-refractivity contribution in [1.82, 2.24) is 10.2 Å². The van der Waals surface area contributed by atoms with Crippen LogP contribution >= 0.6 is 0 Å². The molecule has 4 aliphatic rings. The Kier molecular flexibility index (Phi) is 6.09. The smallest absolute Gasteiger partial charge is 0.407 e. The Labute approximate surface area is 203 Å². The minimum atomic E-state index is -0.271. The lowest BCUT2D eigenvalue weighted by Gasteiger charge is -2.44. The van der Waals surface area contributed by atoms with E-state index < -0.39 is 0 Å². The molecule has 2 aromatic carbocycles. The molecule has 34 heavy (non-hydrogen) atoms. The first-order chi connectivity index (χ1) is 16.2. The average molecular weight is 463 g/mol. The maximum Gasteiger partial charge on any atom is 0.407 e. The molecule has 0 spiro atoms. The van der Waals surface area contributed by atoms with Gasteiger partial charge in [-0.25, -0.2) is 4.79 Å². The van der Waals surface area contributed by atoms with Gasteiger partial charge in [-0.05, 0) is 104 Å². The number of nitrogens with one attached hydrogen (secondary N) is 1. The van der Waals surface area contributed by atoms with Crippen LogP contribution in [0.4, 0.5) is 4.79 Å². The third-order valence-electron chi connectivity index (χ3n) is 7.88. The van der Waals surface area contributed by atoms with E-state index in [2.05, 4.69) is 55.3 Å². The number of hydrogen-bond acceptors (Lipinski definition) is 4. The van der Waals surface area contributed by atoms with Crippen LogP contribution in [-0.2, 0) is 11.2 Å². The van der Waals surface area contributed by atoms with E-state index in [0.717, 1.165) is 44.6 Å². The first kappa shape index (κ1) is 23.2. The minimum Gasteiger partial charge on any atom is -0.491 e. The second kappa shape index (κ2) is 8.92. The molecule has 2 bridgehead atoms. The average Bonchev–Trinajstić information content (AvgIpc) is 3.03. The topological polar surface area (TPSA) is 50.8 Å². The quantitative estimate of drug-likeness (QED) is 0.602. The number of hydrogen-bond donors (Lipinski definition) is 1. The second-order valence-electron chi connectivity index (χ2n) is 11.4. The van der Waals surface area contributed by atoms with Crippen molar-refractivity contribution < 1.29 is 14.3 Å². The maximum atomic E-state index is 13.0. The monoisotopic (exact) mass is 462 g/mol. The van der Waals surface area contributed by atoms with Crippen LogP contribution < -0.4 is 10.1 Å².